The lowest BCUT2D eigenvalue weighted by atomic mass is 10.2. The van der Waals surface area contributed by atoms with Crippen LogP contribution in [0.25, 0.3) is 0 Å². The minimum atomic E-state index is 0.423. The second-order valence-corrected chi connectivity index (χ2v) is 2.69. The van der Waals surface area contributed by atoms with Crippen molar-refractivity contribution < 1.29 is 0 Å². The van der Waals surface area contributed by atoms with Crippen LogP contribution in [0, 0.1) is 6.92 Å². The monoisotopic (exact) mass is 175 g/mol. The normalized spacial score (nSPS) is 9.90. The first-order valence-electron chi connectivity index (χ1n) is 2.92. The molecule has 0 bridgehead atoms. The van der Waals surface area contributed by atoms with Gasteiger partial charge in [0.1, 0.15) is 5.15 Å². The number of alkyl halides is 1. The molecular weight excluding hydrogens is 169 g/mol. The van der Waals surface area contributed by atoms with Gasteiger partial charge in [-0.3, -0.25) is 0 Å². The van der Waals surface area contributed by atoms with Gasteiger partial charge in [-0.15, -0.1) is 11.6 Å². The van der Waals surface area contributed by atoms with Crippen LogP contribution in [0.4, 0.5) is 0 Å². The van der Waals surface area contributed by atoms with Gasteiger partial charge in [0.05, 0.1) is 11.6 Å². The molecule has 1 nitrogen and oxygen atoms in total. The zero-order valence-electron chi connectivity index (χ0n) is 5.56. The average molecular weight is 176 g/mol. The number of aromatic nitrogens is 1. The summed E-state index contributed by atoms with van der Waals surface area (Å²) in [5.74, 6) is 0.423. The summed E-state index contributed by atoms with van der Waals surface area (Å²) >= 11 is 11.2. The Kier molecular flexibility index (Phi) is 2.52. The first-order chi connectivity index (χ1) is 4.74. The number of hydrogen-bond acceptors (Lipinski definition) is 1. The quantitative estimate of drug-likeness (QED) is 0.473. The van der Waals surface area contributed by atoms with Crippen molar-refractivity contribution in [3.8, 4) is 0 Å². The van der Waals surface area contributed by atoms with E-state index in [1.807, 2.05) is 13.0 Å². The SMILES string of the molecule is Cc1ccc(Cl)nc1CCl. The summed E-state index contributed by atoms with van der Waals surface area (Å²) in [5.41, 5.74) is 1.94. The van der Waals surface area contributed by atoms with E-state index in [1.54, 1.807) is 6.07 Å². The number of hydrogen-bond donors (Lipinski definition) is 0. The molecule has 1 rings (SSSR count). The van der Waals surface area contributed by atoms with Gasteiger partial charge in [-0.05, 0) is 18.6 Å². The molecule has 0 aliphatic rings. The molecule has 0 unspecified atom stereocenters. The smallest absolute Gasteiger partial charge is 0.129 e. The van der Waals surface area contributed by atoms with Gasteiger partial charge in [-0.25, -0.2) is 4.98 Å². The zero-order valence-corrected chi connectivity index (χ0v) is 7.08. The predicted molar refractivity (Wildman–Crippen MR) is 43.5 cm³/mol. The Morgan fingerprint density at radius 3 is 2.70 bits per heavy atom. The van der Waals surface area contributed by atoms with Crippen LogP contribution in [-0.2, 0) is 5.88 Å². The molecule has 1 heterocycles. The van der Waals surface area contributed by atoms with Crippen LogP contribution in [-0.4, -0.2) is 4.98 Å². The van der Waals surface area contributed by atoms with Crippen molar-refractivity contribution in [2.24, 2.45) is 0 Å². The fourth-order valence-electron chi connectivity index (χ4n) is 0.680. The van der Waals surface area contributed by atoms with Gasteiger partial charge in [-0.1, -0.05) is 17.7 Å². The van der Waals surface area contributed by atoms with Crippen LogP contribution >= 0.6 is 23.2 Å². The number of halogens is 2. The maximum atomic E-state index is 5.63. The summed E-state index contributed by atoms with van der Waals surface area (Å²) in [6.07, 6.45) is 0. The first kappa shape index (κ1) is 7.83. The van der Waals surface area contributed by atoms with Gasteiger partial charge in [0.25, 0.3) is 0 Å². The topological polar surface area (TPSA) is 12.9 Å². The third kappa shape index (κ3) is 1.61. The molecule has 0 saturated heterocycles. The molecule has 0 fully saturated rings. The molecule has 0 aliphatic heterocycles. The lowest BCUT2D eigenvalue weighted by molar-refractivity contribution is 1.12. The number of pyridine rings is 1. The second-order valence-electron chi connectivity index (χ2n) is 2.03. The van der Waals surface area contributed by atoms with Gasteiger partial charge < -0.3 is 0 Å². The molecular formula is C7H7Cl2N. The van der Waals surface area contributed by atoms with E-state index >= 15 is 0 Å². The maximum Gasteiger partial charge on any atom is 0.129 e. The van der Waals surface area contributed by atoms with Crippen LogP contribution in [0.3, 0.4) is 0 Å². The highest BCUT2D eigenvalue weighted by atomic mass is 35.5. The summed E-state index contributed by atoms with van der Waals surface area (Å²) in [5, 5.41) is 0.501. The largest absolute Gasteiger partial charge is 0.240 e. The molecule has 54 valence electrons. The Bertz CT molecular complexity index is 235. The van der Waals surface area contributed by atoms with Crippen LogP contribution < -0.4 is 0 Å². The first-order valence-corrected chi connectivity index (χ1v) is 3.83. The summed E-state index contributed by atoms with van der Waals surface area (Å²) in [6.45, 7) is 1.96. The molecule has 1 aromatic heterocycles. The van der Waals surface area contributed by atoms with E-state index in [-0.39, 0.29) is 0 Å². The van der Waals surface area contributed by atoms with Crippen LogP contribution in [0.15, 0.2) is 12.1 Å². The van der Waals surface area contributed by atoms with E-state index in [9.17, 15) is 0 Å². The zero-order chi connectivity index (χ0) is 7.56. The number of aryl methyl sites for hydroxylation is 1. The number of rotatable bonds is 1. The van der Waals surface area contributed by atoms with Crippen molar-refractivity contribution in [1.29, 1.82) is 0 Å². The van der Waals surface area contributed by atoms with E-state index < -0.39 is 0 Å². The lowest BCUT2D eigenvalue weighted by Crippen LogP contribution is -1.89. The fraction of sp³-hybridized carbons (Fsp3) is 0.286. The van der Waals surface area contributed by atoms with Gasteiger partial charge in [0, 0.05) is 0 Å². The third-order valence-electron chi connectivity index (χ3n) is 1.29. The fourth-order valence-corrected chi connectivity index (χ4v) is 1.12. The van der Waals surface area contributed by atoms with Crippen molar-refractivity contribution in [1.82, 2.24) is 4.98 Å². The maximum absolute atomic E-state index is 5.63. The molecule has 3 heteroatoms. The van der Waals surface area contributed by atoms with Crippen LogP contribution in [0.1, 0.15) is 11.3 Å². The lowest BCUT2D eigenvalue weighted by Gasteiger charge is -1.98. The Balaban J connectivity index is 3.09. The molecule has 0 atom stereocenters. The van der Waals surface area contributed by atoms with E-state index in [2.05, 4.69) is 4.98 Å². The third-order valence-corrected chi connectivity index (χ3v) is 1.76. The van der Waals surface area contributed by atoms with Gasteiger partial charge in [-0.2, -0.15) is 0 Å². The molecule has 0 saturated carbocycles. The van der Waals surface area contributed by atoms with Gasteiger partial charge >= 0.3 is 0 Å². The Labute approximate surface area is 70.0 Å². The highest BCUT2D eigenvalue weighted by molar-refractivity contribution is 6.29. The Hall–Kier alpha value is -0.270. The minimum Gasteiger partial charge on any atom is -0.240 e. The average Bonchev–Trinajstić information content (AvgIpc) is 1.94. The van der Waals surface area contributed by atoms with Crippen molar-refractivity contribution in [2.75, 3.05) is 0 Å². The summed E-state index contributed by atoms with van der Waals surface area (Å²) in [4.78, 5) is 4.02. The second kappa shape index (κ2) is 3.22. The molecule has 0 N–H and O–H groups in total. The van der Waals surface area contributed by atoms with E-state index in [4.69, 9.17) is 23.2 Å². The predicted octanol–water partition coefficient (Wildman–Crippen LogP) is 2.78. The minimum absolute atomic E-state index is 0.423. The van der Waals surface area contributed by atoms with Crippen LogP contribution in [0.2, 0.25) is 5.15 Å². The summed E-state index contributed by atoms with van der Waals surface area (Å²) in [6, 6.07) is 3.67. The van der Waals surface area contributed by atoms with Gasteiger partial charge in [0.15, 0.2) is 0 Å². The Morgan fingerprint density at radius 2 is 2.20 bits per heavy atom. The standard InChI is InChI=1S/C7H7Cl2N/c1-5-2-3-7(9)10-6(5)4-8/h2-3H,4H2,1H3. The molecule has 10 heavy (non-hydrogen) atoms. The van der Waals surface area contributed by atoms with Crippen molar-refractivity contribution in [3.05, 3.63) is 28.5 Å². The molecule has 0 amide bonds. The molecule has 0 radical (unpaired) electrons. The molecule has 0 aromatic carbocycles. The van der Waals surface area contributed by atoms with Crippen molar-refractivity contribution >= 4 is 23.2 Å². The van der Waals surface area contributed by atoms with Crippen molar-refractivity contribution in [3.63, 3.8) is 0 Å². The highest BCUT2D eigenvalue weighted by Gasteiger charge is 1.97. The Morgan fingerprint density at radius 1 is 1.50 bits per heavy atom. The van der Waals surface area contributed by atoms with Crippen molar-refractivity contribution in [2.45, 2.75) is 12.8 Å². The van der Waals surface area contributed by atoms with E-state index in [1.165, 1.54) is 0 Å². The molecule has 1 aromatic rings. The summed E-state index contributed by atoms with van der Waals surface area (Å²) < 4.78 is 0. The van der Waals surface area contributed by atoms with Crippen LogP contribution in [0.5, 0.6) is 0 Å². The number of nitrogens with zero attached hydrogens (tertiary/aromatic N) is 1. The summed E-state index contributed by atoms with van der Waals surface area (Å²) in [7, 11) is 0. The van der Waals surface area contributed by atoms with E-state index in [0.717, 1.165) is 11.3 Å². The molecule has 0 spiro atoms. The highest BCUT2D eigenvalue weighted by Crippen LogP contribution is 2.11. The van der Waals surface area contributed by atoms with Gasteiger partial charge in [0.2, 0.25) is 0 Å². The van der Waals surface area contributed by atoms with E-state index in [0.29, 0.717) is 11.0 Å². The molecule has 0 aliphatic carbocycles.